The minimum absolute atomic E-state index is 0.318. The van der Waals surface area contributed by atoms with Gasteiger partial charge in [-0.2, -0.15) is 26.3 Å². The van der Waals surface area contributed by atoms with Crippen molar-refractivity contribution in [2.45, 2.75) is 77.3 Å². The number of benzene rings is 1. The van der Waals surface area contributed by atoms with Crippen molar-refractivity contribution >= 4 is 5.97 Å². The number of hydrogen-bond acceptors (Lipinski definition) is 3. The molecule has 0 aromatic heterocycles. The van der Waals surface area contributed by atoms with Crippen LogP contribution in [0.4, 0.5) is 26.3 Å². The summed E-state index contributed by atoms with van der Waals surface area (Å²) in [5, 5.41) is 11.4. The lowest BCUT2D eigenvalue weighted by atomic mass is 9.81. The first kappa shape index (κ1) is 27.0. The molecule has 1 aromatic carbocycles. The summed E-state index contributed by atoms with van der Waals surface area (Å²) in [6.45, 7) is 5.83. The predicted octanol–water partition coefficient (Wildman–Crippen LogP) is 5.36. The molecular formula is C24H28F6NO2-. The number of alkyl halides is 6. The molecule has 3 nitrogen and oxygen atoms in total. The minimum Gasteiger partial charge on any atom is -0.550 e. The van der Waals surface area contributed by atoms with E-state index in [-0.39, 0.29) is 12.8 Å². The van der Waals surface area contributed by atoms with Crippen LogP contribution >= 0.6 is 0 Å². The molecule has 1 saturated heterocycles. The van der Waals surface area contributed by atoms with Gasteiger partial charge in [0.2, 0.25) is 0 Å². The van der Waals surface area contributed by atoms with Gasteiger partial charge in [0.25, 0.3) is 0 Å². The number of nitrogens with zero attached hydrogens (tertiary/aromatic N) is 1. The van der Waals surface area contributed by atoms with E-state index in [9.17, 15) is 36.2 Å². The molecule has 0 spiro atoms. The SMILES string of the molecule is CC(C)(C)C#C[C@H](CCC(F)(F)F)N1CCC[C@H](CC(=O)[O-])[C@H]1c1ccc(C(F)(F)F)cc1. The zero-order chi connectivity index (χ0) is 25.0. The number of rotatable bonds is 6. The van der Waals surface area contributed by atoms with Crippen molar-refractivity contribution in [3.63, 3.8) is 0 Å². The molecule has 9 heteroatoms. The fraction of sp³-hybridized carbons (Fsp3) is 0.625. The first-order valence-corrected chi connectivity index (χ1v) is 10.8. The number of piperidine rings is 1. The summed E-state index contributed by atoms with van der Waals surface area (Å²) in [5.41, 5.74) is -0.907. The van der Waals surface area contributed by atoms with E-state index in [1.54, 1.807) is 4.90 Å². The van der Waals surface area contributed by atoms with Crippen LogP contribution in [0.1, 0.15) is 70.0 Å². The lowest BCUT2D eigenvalue weighted by Gasteiger charge is -2.45. The lowest BCUT2D eigenvalue weighted by molar-refractivity contribution is -0.307. The summed E-state index contributed by atoms with van der Waals surface area (Å²) in [7, 11) is 0. The second-order valence-electron chi connectivity index (χ2n) is 9.47. The molecule has 1 aliphatic heterocycles. The summed E-state index contributed by atoms with van der Waals surface area (Å²) in [4.78, 5) is 13.1. The molecule has 33 heavy (non-hydrogen) atoms. The zero-order valence-electron chi connectivity index (χ0n) is 18.8. The van der Waals surface area contributed by atoms with Gasteiger partial charge >= 0.3 is 12.4 Å². The molecule has 0 radical (unpaired) electrons. The highest BCUT2D eigenvalue weighted by Crippen LogP contribution is 2.41. The maximum atomic E-state index is 13.0. The van der Waals surface area contributed by atoms with Crippen LogP contribution in [0.2, 0.25) is 0 Å². The third kappa shape index (κ3) is 8.58. The maximum absolute atomic E-state index is 13.0. The smallest absolute Gasteiger partial charge is 0.416 e. The van der Waals surface area contributed by atoms with Crippen molar-refractivity contribution in [1.82, 2.24) is 4.90 Å². The topological polar surface area (TPSA) is 43.4 Å². The van der Waals surface area contributed by atoms with Crippen LogP contribution in [0, 0.1) is 23.2 Å². The molecule has 0 N–H and O–H groups in total. The van der Waals surface area contributed by atoms with Crippen molar-refractivity contribution in [1.29, 1.82) is 0 Å². The van der Waals surface area contributed by atoms with Crippen molar-refractivity contribution in [3.05, 3.63) is 35.4 Å². The van der Waals surface area contributed by atoms with Crippen molar-refractivity contribution in [3.8, 4) is 11.8 Å². The van der Waals surface area contributed by atoms with Crippen LogP contribution in [-0.4, -0.2) is 29.6 Å². The quantitative estimate of drug-likeness (QED) is 0.410. The van der Waals surface area contributed by atoms with Crippen LogP contribution in [0.15, 0.2) is 24.3 Å². The van der Waals surface area contributed by atoms with E-state index in [1.165, 1.54) is 12.1 Å². The van der Waals surface area contributed by atoms with E-state index in [1.807, 2.05) is 20.8 Å². The molecular weight excluding hydrogens is 448 g/mol. The number of hydrogen-bond donors (Lipinski definition) is 0. The number of carboxylic acid groups (broad SMARTS) is 1. The Bertz CT molecular complexity index is 859. The predicted molar refractivity (Wildman–Crippen MR) is 110 cm³/mol. The fourth-order valence-electron chi connectivity index (χ4n) is 4.14. The molecule has 1 fully saturated rings. The Morgan fingerprint density at radius 1 is 1.12 bits per heavy atom. The van der Waals surface area contributed by atoms with E-state index < -0.39 is 53.7 Å². The van der Waals surface area contributed by atoms with Gasteiger partial charge in [-0.1, -0.05) is 24.0 Å². The van der Waals surface area contributed by atoms with Gasteiger partial charge in [-0.3, -0.25) is 4.90 Å². The number of aliphatic carboxylic acids is 1. The van der Waals surface area contributed by atoms with E-state index in [0.717, 1.165) is 12.1 Å². The van der Waals surface area contributed by atoms with Gasteiger partial charge < -0.3 is 9.90 Å². The summed E-state index contributed by atoms with van der Waals surface area (Å²) >= 11 is 0. The highest BCUT2D eigenvalue weighted by molar-refractivity contribution is 5.64. The molecule has 2 rings (SSSR count). The standard InChI is InChI=1S/C24H29F6NO2/c1-22(2,3)12-10-19(11-13-23(25,26)27)31-14-4-5-17(15-20(32)33)21(31)16-6-8-18(9-7-16)24(28,29)30/h6-9,17,19,21H,4-5,11,13-15H2,1-3H3,(H,32,33)/p-1/t17-,19-,21-/m1/s1. The van der Waals surface area contributed by atoms with Crippen LogP contribution in [0.25, 0.3) is 0 Å². The molecule has 0 unspecified atom stereocenters. The number of halogens is 6. The second kappa shape index (κ2) is 10.4. The van der Waals surface area contributed by atoms with Gasteiger partial charge in [0, 0.05) is 23.8 Å². The van der Waals surface area contributed by atoms with Gasteiger partial charge in [-0.15, -0.1) is 0 Å². The molecule has 1 aromatic rings. The molecule has 0 amide bonds. The van der Waals surface area contributed by atoms with Crippen LogP contribution in [0.3, 0.4) is 0 Å². The Kier molecular flexibility index (Phi) is 8.50. The number of carbonyl (C=O) groups is 1. The first-order chi connectivity index (χ1) is 15.1. The van der Waals surface area contributed by atoms with Crippen molar-refractivity contribution in [2.24, 2.45) is 11.3 Å². The minimum atomic E-state index is -4.54. The van der Waals surface area contributed by atoms with E-state index in [0.29, 0.717) is 24.9 Å². The van der Waals surface area contributed by atoms with E-state index in [4.69, 9.17) is 0 Å². The van der Waals surface area contributed by atoms with Crippen molar-refractivity contribution < 1.29 is 36.2 Å². The van der Waals surface area contributed by atoms with Gasteiger partial charge in [0.15, 0.2) is 0 Å². The Hall–Kier alpha value is -2.21. The Balaban J connectivity index is 2.50. The second-order valence-corrected chi connectivity index (χ2v) is 9.47. The molecule has 0 bridgehead atoms. The molecule has 1 aliphatic rings. The Labute approximate surface area is 190 Å². The average molecular weight is 476 g/mol. The summed E-state index contributed by atoms with van der Waals surface area (Å²) < 4.78 is 78.1. The number of likely N-dealkylation sites (tertiary alicyclic amines) is 1. The molecule has 0 aliphatic carbocycles. The monoisotopic (exact) mass is 476 g/mol. The van der Waals surface area contributed by atoms with Gasteiger partial charge in [0.05, 0.1) is 11.6 Å². The Morgan fingerprint density at radius 3 is 2.21 bits per heavy atom. The van der Waals surface area contributed by atoms with Gasteiger partial charge in [-0.05, 0) is 76.6 Å². The lowest BCUT2D eigenvalue weighted by Crippen LogP contribution is -2.46. The van der Waals surface area contributed by atoms with Crippen molar-refractivity contribution in [2.75, 3.05) is 6.54 Å². The van der Waals surface area contributed by atoms with E-state index in [2.05, 4.69) is 11.8 Å². The Morgan fingerprint density at radius 2 is 1.73 bits per heavy atom. The molecule has 1 heterocycles. The molecule has 184 valence electrons. The van der Waals surface area contributed by atoms with Gasteiger partial charge in [0.1, 0.15) is 0 Å². The fourth-order valence-corrected chi connectivity index (χ4v) is 4.14. The largest absolute Gasteiger partial charge is 0.550 e. The number of carbonyl (C=O) groups excluding carboxylic acids is 1. The highest BCUT2D eigenvalue weighted by Gasteiger charge is 2.38. The zero-order valence-corrected chi connectivity index (χ0v) is 18.8. The molecule has 0 saturated carbocycles. The van der Waals surface area contributed by atoms with Gasteiger partial charge in [-0.25, -0.2) is 0 Å². The normalized spacial score (nSPS) is 21.2. The van der Waals surface area contributed by atoms with Crippen LogP contribution < -0.4 is 5.11 Å². The van der Waals surface area contributed by atoms with E-state index >= 15 is 0 Å². The molecule has 3 atom stereocenters. The average Bonchev–Trinajstić information content (AvgIpc) is 2.65. The number of carboxylic acids is 1. The summed E-state index contributed by atoms with van der Waals surface area (Å²) in [6.07, 6.45) is -9.67. The van der Waals surface area contributed by atoms with Crippen LogP contribution in [0.5, 0.6) is 0 Å². The third-order valence-corrected chi connectivity index (χ3v) is 5.52. The summed E-state index contributed by atoms with van der Waals surface area (Å²) in [5.74, 6) is 4.08. The third-order valence-electron chi connectivity index (χ3n) is 5.52. The summed E-state index contributed by atoms with van der Waals surface area (Å²) in [6, 6.07) is 2.83. The maximum Gasteiger partial charge on any atom is 0.416 e. The van der Waals surface area contributed by atoms with Crippen LogP contribution in [-0.2, 0) is 11.0 Å². The first-order valence-electron chi connectivity index (χ1n) is 10.8. The highest BCUT2D eigenvalue weighted by atomic mass is 19.4.